The summed E-state index contributed by atoms with van der Waals surface area (Å²) >= 11 is 5.14. The number of nitrogens with zero attached hydrogens (tertiary/aromatic N) is 2. The fourth-order valence-corrected chi connectivity index (χ4v) is 2.65. The zero-order valence-electron chi connectivity index (χ0n) is 13.2. The van der Waals surface area contributed by atoms with Crippen LogP contribution in [-0.2, 0) is 9.53 Å². The maximum atomic E-state index is 11.7. The van der Waals surface area contributed by atoms with E-state index in [0.29, 0.717) is 11.5 Å². The summed E-state index contributed by atoms with van der Waals surface area (Å²) in [7, 11) is 1.44. The molecule has 0 amide bonds. The van der Waals surface area contributed by atoms with Crippen molar-refractivity contribution in [2.24, 2.45) is 11.1 Å². The molecule has 1 aliphatic heterocycles. The van der Waals surface area contributed by atoms with Gasteiger partial charge in [-0.2, -0.15) is 0 Å². The van der Waals surface area contributed by atoms with Gasteiger partial charge in [-0.3, -0.25) is 14.6 Å². The molecule has 1 rings (SSSR count). The molecule has 0 aromatic rings. The molecule has 0 aliphatic carbocycles. The second-order valence-corrected chi connectivity index (χ2v) is 7.00. The quantitative estimate of drug-likeness (QED) is 0.600. The first kappa shape index (κ1) is 17.3. The Morgan fingerprint density at radius 1 is 1.20 bits per heavy atom. The molecule has 0 aromatic carbocycles. The van der Waals surface area contributed by atoms with E-state index < -0.39 is 5.41 Å². The van der Waals surface area contributed by atoms with Gasteiger partial charge in [-0.15, -0.1) is 0 Å². The number of hydrogen-bond donors (Lipinski definition) is 1. The number of nitrogens with two attached hydrogens (primary N) is 1. The maximum absolute atomic E-state index is 11.7. The number of methoxy groups -OCH3 is 1. The molecule has 0 bridgehead atoms. The molecule has 0 aromatic heterocycles. The maximum Gasteiger partial charge on any atom is 0.312 e. The predicted octanol–water partition coefficient (Wildman–Crippen LogP) is 0.868. The molecule has 0 unspecified atom stereocenters. The molecule has 116 valence electrons. The second-order valence-electron chi connectivity index (χ2n) is 6.56. The number of piperazine rings is 1. The molecule has 1 saturated heterocycles. The Hall–Kier alpha value is -0.720. The lowest BCUT2D eigenvalue weighted by molar-refractivity contribution is -0.152. The molecular formula is C14H27N3O2S. The fourth-order valence-electron chi connectivity index (χ4n) is 2.52. The standard InChI is InChI=1S/C14H27N3O2S/c1-13(2,12(18)19-5)10-16-6-8-17(9-7-16)14(3,4)11(15)20/h6-10H2,1-5H3,(H2,15,20). The topological polar surface area (TPSA) is 58.8 Å². The molecule has 5 nitrogen and oxygen atoms in total. The Morgan fingerprint density at radius 3 is 2.10 bits per heavy atom. The van der Waals surface area contributed by atoms with Crippen molar-refractivity contribution in [1.29, 1.82) is 0 Å². The van der Waals surface area contributed by atoms with E-state index in [4.69, 9.17) is 22.7 Å². The van der Waals surface area contributed by atoms with Gasteiger partial charge < -0.3 is 10.5 Å². The van der Waals surface area contributed by atoms with Crippen molar-refractivity contribution < 1.29 is 9.53 Å². The van der Waals surface area contributed by atoms with E-state index in [9.17, 15) is 4.79 Å². The molecule has 0 atom stereocenters. The predicted molar refractivity (Wildman–Crippen MR) is 84.7 cm³/mol. The highest BCUT2D eigenvalue weighted by molar-refractivity contribution is 7.80. The molecular weight excluding hydrogens is 274 g/mol. The Labute approximate surface area is 127 Å². The minimum Gasteiger partial charge on any atom is -0.469 e. The van der Waals surface area contributed by atoms with Crippen LogP contribution in [0.1, 0.15) is 27.7 Å². The van der Waals surface area contributed by atoms with Crippen LogP contribution in [0.5, 0.6) is 0 Å². The van der Waals surface area contributed by atoms with Crippen molar-refractivity contribution in [2.75, 3.05) is 39.8 Å². The average molecular weight is 301 g/mol. The highest BCUT2D eigenvalue weighted by Crippen LogP contribution is 2.22. The summed E-state index contributed by atoms with van der Waals surface area (Å²) in [5, 5.41) is 0. The number of ether oxygens (including phenoxy) is 1. The number of carbonyl (C=O) groups excluding carboxylic acids is 1. The lowest BCUT2D eigenvalue weighted by atomic mass is 9.92. The van der Waals surface area contributed by atoms with Gasteiger partial charge in [-0.05, 0) is 27.7 Å². The summed E-state index contributed by atoms with van der Waals surface area (Å²) in [6.07, 6.45) is 0. The van der Waals surface area contributed by atoms with Crippen molar-refractivity contribution in [3.05, 3.63) is 0 Å². The second kappa shape index (κ2) is 6.37. The van der Waals surface area contributed by atoms with Crippen LogP contribution < -0.4 is 5.73 Å². The molecule has 1 aliphatic rings. The summed E-state index contributed by atoms with van der Waals surface area (Å²) in [5.74, 6) is -0.164. The third-order valence-corrected chi connectivity index (χ3v) is 4.62. The van der Waals surface area contributed by atoms with Crippen LogP contribution >= 0.6 is 12.2 Å². The van der Waals surface area contributed by atoms with E-state index in [-0.39, 0.29) is 11.5 Å². The Morgan fingerprint density at radius 2 is 1.70 bits per heavy atom. The number of esters is 1. The molecule has 2 N–H and O–H groups in total. The van der Waals surface area contributed by atoms with Gasteiger partial charge in [0.1, 0.15) is 0 Å². The third-order valence-electron chi connectivity index (χ3n) is 4.12. The number of rotatable bonds is 5. The molecule has 0 spiro atoms. The molecule has 1 heterocycles. The highest BCUT2D eigenvalue weighted by atomic mass is 32.1. The highest BCUT2D eigenvalue weighted by Gasteiger charge is 2.35. The van der Waals surface area contributed by atoms with Crippen LogP contribution in [0.15, 0.2) is 0 Å². The first-order valence-electron chi connectivity index (χ1n) is 6.97. The van der Waals surface area contributed by atoms with Gasteiger partial charge in [-0.1, -0.05) is 12.2 Å². The van der Waals surface area contributed by atoms with Crippen molar-refractivity contribution in [2.45, 2.75) is 33.2 Å². The fraction of sp³-hybridized carbons (Fsp3) is 0.857. The van der Waals surface area contributed by atoms with E-state index in [1.54, 1.807) is 0 Å². The van der Waals surface area contributed by atoms with Crippen molar-refractivity contribution in [3.8, 4) is 0 Å². The van der Waals surface area contributed by atoms with Crippen LogP contribution in [0.2, 0.25) is 0 Å². The summed E-state index contributed by atoms with van der Waals surface area (Å²) in [6, 6.07) is 0. The SMILES string of the molecule is COC(=O)C(C)(C)CN1CCN(C(C)(C)C(N)=S)CC1. The molecule has 1 fully saturated rings. The summed E-state index contributed by atoms with van der Waals surface area (Å²) < 4.78 is 4.85. The summed E-state index contributed by atoms with van der Waals surface area (Å²) in [5.41, 5.74) is 5.08. The van der Waals surface area contributed by atoms with E-state index in [1.165, 1.54) is 7.11 Å². The molecule has 0 saturated carbocycles. The zero-order chi connectivity index (χ0) is 15.6. The molecule has 20 heavy (non-hydrogen) atoms. The minimum atomic E-state index is -0.477. The number of carbonyl (C=O) groups is 1. The first-order chi connectivity index (χ1) is 9.11. The van der Waals surface area contributed by atoms with Gasteiger partial charge in [0, 0.05) is 32.7 Å². The van der Waals surface area contributed by atoms with Crippen molar-refractivity contribution >= 4 is 23.2 Å². The van der Waals surface area contributed by atoms with Crippen molar-refractivity contribution in [1.82, 2.24) is 9.80 Å². The monoisotopic (exact) mass is 301 g/mol. The van der Waals surface area contributed by atoms with Crippen LogP contribution in [0, 0.1) is 5.41 Å². The number of thiocarbonyl (C=S) groups is 1. The van der Waals surface area contributed by atoms with Gasteiger partial charge in [0.25, 0.3) is 0 Å². The average Bonchev–Trinajstić information content (AvgIpc) is 2.37. The van der Waals surface area contributed by atoms with Gasteiger partial charge >= 0.3 is 5.97 Å². The lowest BCUT2D eigenvalue weighted by Gasteiger charge is -2.44. The summed E-state index contributed by atoms with van der Waals surface area (Å²) in [6.45, 7) is 12.3. The van der Waals surface area contributed by atoms with Gasteiger partial charge in [0.2, 0.25) is 0 Å². The van der Waals surface area contributed by atoms with Gasteiger partial charge in [0.05, 0.1) is 23.1 Å². The van der Waals surface area contributed by atoms with Gasteiger partial charge in [-0.25, -0.2) is 0 Å². The summed E-state index contributed by atoms with van der Waals surface area (Å²) in [4.78, 5) is 16.9. The Kier molecular flexibility index (Phi) is 5.52. The van der Waals surface area contributed by atoms with Crippen LogP contribution in [0.3, 0.4) is 0 Å². The normalized spacial score (nSPS) is 18.9. The Bertz CT molecular complexity index is 375. The van der Waals surface area contributed by atoms with E-state index in [1.807, 2.05) is 13.8 Å². The van der Waals surface area contributed by atoms with Crippen molar-refractivity contribution in [3.63, 3.8) is 0 Å². The van der Waals surface area contributed by atoms with Crippen LogP contribution in [0.25, 0.3) is 0 Å². The minimum absolute atomic E-state index is 0.164. The first-order valence-corrected chi connectivity index (χ1v) is 7.38. The zero-order valence-corrected chi connectivity index (χ0v) is 14.0. The van der Waals surface area contributed by atoms with E-state index in [0.717, 1.165) is 26.2 Å². The van der Waals surface area contributed by atoms with Crippen LogP contribution in [0.4, 0.5) is 0 Å². The largest absolute Gasteiger partial charge is 0.469 e. The lowest BCUT2D eigenvalue weighted by Crippen LogP contribution is -2.60. The van der Waals surface area contributed by atoms with E-state index >= 15 is 0 Å². The van der Waals surface area contributed by atoms with Crippen LogP contribution in [-0.4, -0.2) is 66.1 Å². The number of hydrogen-bond acceptors (Lipinski definition) is 5. The molecule has 6 heteroatoms. The molecule has 0 radical (unpaired) electrons. The smallest absolute Gasteiger partial charge is 0.312 e. The third kappa shape index (κ3) is 3.90. The van der Waals surface area contributed by atoms with Gasteiger partial charge in [0.15, 0.2) is 0 Å². The van der Waals surface area contributed by atoms with E-state index in [2.05, 4.69) is 23.6 Å². The Balaban J connectivity index is 2.55.